The summed E-state index contributed by atoms with van der Waals surface area (Å²) < 4.78 is 0. The maximum Gasteiger partial charge on any atom is 0.0506 e. The fourth-order valence-electron chi connectivity index (χ4n) is 1.03. The van der Waals surface area contributed by atoms with E-state index in [1.165, 1.54) is 0 Å². The zero-order chi connectivity index (χ0) is 13.6. The van der Waals surface area contributed by atoms with E-state index in [4.69, 9.17) is 20.4 Å². The van der Waals surface area contributed by atoms with Gasteiger partial charge in [0.15, 0.2) is 0 Å². The van der Waals surface area contributed by atoms with Gasteiger partial charge < -0.3 is 20.4 Å². The monoisotopic (exact) mass is 250 g/mol. The molecular formula is C13H30O4. The molecule has 0 aromatic heterocycles. The standard InChI is InChI=1S/C7H16O2.C6H14O2/c8-6-4-2-1-3-5-7-9;1-3-6(2,4-7)5-8/h8-9H,1-7H2;7-8H,3-5H2,1-2H3. The maximum absolute atomic E-state index is 8.63. The molecule has 17 heavy (non-hydrogen) atoms. The third-order valence-corrected chi connectivity index (χ3v) is 2.93. The van der Waals surface area contributed by atoms with Crippen molar-refractivity contribution in [2.45, 2.75) is 52.4 Å². The molecule has 0 saturated carbocycles. The molecule has 0 aromatic rings. The van der Waals surface area contributed by atoms with Gasteiger partial charge in [-0.2, -0.15) is 0 Å². The van der Waals surface area contributed by atoms with E-state index in [9.17, 15) is 0 Å². The summed E-state index contributed by atoms with van der Waals surface area (Å²) in [5.74, 6) is 0. The van der Waals surface area contributed by atoms with Crippen LogP contribution in [0.3, 0.4) is 0 Å². The number of unbranched alkanes of at least 4 members (excludes halogenated alkanes) is 4. The Labute approximate surface area is 105 Å². The fourth-order valence-corrected chi connectivity index (χ4v) is 1.03. The molecule has 0 atom stereocenters. The molecule has 0 radical (unpaired) electrons. The van der Waals surface area contributed by atoms with Crippen molar-refractivity contribution in [3.8, 4) is 0 Å². The van der Waals surface area contributed by atoms with Gasteiger partial charge in [-0.3, -0.25) is 0 Å². The van der Waals surface area contributed by atoms with Crippen molar-refractivity contribution in [2.24, 2.45) is 5.41 Å². The third kappa shape index (κ3) is 13.8. The molecule has 0 spiro atoms. The Morgan fingerprint density at radius 3 is 1.24 bits per heavy atom. The average molecular weight is 250 g/mol. The predicted octanol–water partition coefficient (Wildman–Crippen LogP) is 1.31. The highest BCUT2D eigenvalue weighted by atomic mass is 16.3. The van der Waals surface area contributed by atoms with Crippen molar-refractivity contribution in [2.75, 3.05) is 26.4 Å². The van der Waals surface area contributed by atoms with Gasteiger partial charge in [0.1, 0.15) is 0 Å². The Balaban J connectivity index is 0. The smallest absolute Gasteiger partial charge is 0.0506 e. The summed E-state index contributed by atoms with van der Waals surface area (Å²) in [5, 5.41) is 34.0. The lowest BCUT2D eigenvalue weighted by molar-refractivity contribution is 0.0670. The summed E-state index contributed by atoms with van der Waals surface area (Å²) in [7, 11) is 0. The van der Waals surface area contributed by atoms with E-state index in [2.05, 4.69) is 0 Å². The molecule has 0 bridgehead atoms. The van der Waals surface area contributed by atoms with Crippen molar-refractivity contribution in [1.82, 2.24) is 0 Å². The van der Waals surface area contributed by atoms with E-state index >= 15 is 0 Å². The van der Waals surface area contributed by atoms with Crippen LogP contribution in [0.4, 0.5) is 0 Å². The molecule has 0 aliphatic rings. The molecule has 0 heterocycles. The van der Waals surface area contributed by atoms with Crippen LogP contribution in [0.15, 0.2) is 0 Å². The highest BCUT2D eigenvalue weighted by Gasteiger charge is 2.18. The summed E-state index contributed by atoms with van der Waals surface area (Å²) >= 11 is 0. The summed E-state index contributed by atoms with van der Waals surface area (Å²) in [6.07, 6.45) is 5.96. The predicted molar refractivity (Wildman–Crippen MR) is 69.8 cm³/mol. The minimum Gasteiger partial charge on any atom is -0.396 e. The molecule has 0 amide bonds. The summed E-state index contributed by atoms with van der Waals surface area (Å²) in [5.41, 5.74) is -0.264. The number of hydrogen-bond donors (Lipinski definition) is 4. The number of hydrogen-bond acceptors (Lipinski definition) is 4. The van der Waals surface area contributed by atoms with Gasteiger partial charge in [-0.25, -0.2) is 0 Å². The molecule has 0 unspecified atom stereocenters. The van der Waals surface area contributed by atoms with Gasteiger partial charge in [-0.05, 0) is 19.3 Å². The molecule has 0 fully saturated rings. The zero-order valence-corrected chi connectivity index (χ0v) is 11.4. The topological polar surface area (TPSA) is 80.9 Å². The second-order valence-electron chi connectivity index (χ2n) is 4.70. The van der Waals surface area contributed by atoms with Gasteiger partial charge >= 0.3 is 0 Å². The first kappa shape index (κ1) is 19.2. The first-order valence-corrected chi connectivity index (χ1v) is 6.53. The lowest BCUT2D eigenvalue weighted by Gasteiger charge is -2.21. The molecule has 0 aliphatic carbocycles. The van der Waals surface area contributed by atoms with Crippen molar-refractivity contribution >= 4 is 0 Å². The van der Waals surface area contributed by atoms with Crippen LogP contribution in [0.1, 0.15) is 52.4 Å². The molecule has 106 valence electrons. The lowest BCUT2D eigenvalue weighted by atomic mass is 9.90. The van der Waals surface area contributed by atoms with Gasteiger partial charge in [0.2, 0.25) is 0 Å². The Morgan fingerprint density at radius 2 is 1.06 bits per heavy atom. The molecular weight excluding hydrogens is 220 g/mol. The van der Waals surface area contributed by atoms with Crippen LogP contribution in [-0.4, -0.2) is 46.9 Å². The number of aliphatic hydroxyl groups excluding tert-OH is 4. The third-order valence-electron chi connectivity index (χ3n) is 2.93. The van der Waals surface area contributed by atoms with Gasteiger partial charge in [-0.1, -0.05) is 33.1 Å². The molecule has 4 heteroatoms. The quantitative estimate of drug-likeness (QED) is 0.465. The summed E-state index contributed by atoms with van der Waals surface area (Å²) in [6, 6.07) is 0. The van der Waals surface area contributed by atoms with Crippen molar-refractivity contribution in [3.63, 3.8) is 0 Å². The Morgan fingerprint density at radius 1 is 0.706 bits per heavy atom. The van der Waals surface area contributed by atoms with Crippen LogP contribution >= 0.6 is 0 Å². The van der Waals surface area contributed by atoms with Crippen LogP contribution in [0.5, 0.6) is 0 Å². The highest BCUT2D eigenvalue weighted by Crippen LogP contribution is 2.17. The highest BCUT2D eigenvalue weighted by molar-refractivity contribution is 4.68. The number of rotatable bonds is 9. The molecule has 0 rings (SSSR count). The normalized spacial score (nSPS) is 10.9. The minimum absolute atomic E-state index is 0.0694. The maximum atomic E-state index is 8.63. The van der Waals surface area contributed by atoms with Crippen LogP contribution in [0, 0.1) is 5.41 Å². The minimum atomic E-state index is -0.264. The second kappa shape index (κ2) is 13.9. The van der Waals surface area contributed by atoms with Gasteiger partial charge in [0, 0.05) is 18.6 Å². The Bertz CT molecular complexity index is 121. The first-order chi connectivity index (χ1) is 8.10. The van der Waals surface area contributed by atoms with E-state index in [1.807, 2.05) is 13.8 Å². The molecule has 4 nitrogen and oxygen atoms in total. The largest absolute Gasteiger partial charge is 0.396 e. The Hall–Kier alpha value is -0.160. The Kier molecular flexibility index (Phi) is 15.7. The van der Waals surface area contributed by atoms with Gasteiger partial charge in [0.25, 0.3) is 0 Å². The van der Waals surface area contributed by atoms with E-state index in [-0.39, 0.29) is 18.6 Å². The van der Waals surface area contributed by atoms with Crippen LogP contribution in [0.2, 0.25) is 0 Å². The molecule has 4 N–H and O–H groups in total. The van der Waals surface area contributed by atoms with Crippen molar-refractivity contribution in [1.29, 1.82) is 0 Å². The number of aliphatic hydroxyl groups is 4. The molecule has 0 saturated heterocycles. The summed E-state index contributed by atoms with van der Waals surface area (Å²) in [6.45, 7) is 4.55. The van der Waals surface area contributed by atoms with E-state index in [0.717, 1.165) is 38.5 Å². The SMILES string of the molecule is CCC(C)(CO)CO.OCCCCCCCO. The molecule has 0 aliphatic heterocycles. The zero-order valence-electron chi connectivity index (χ0n) is 11.4. The fraction of sp³-hybridized carbons (Fsp3) is 1.00. The van der Waals surface area contributed by atoms with Crippen LogP contribution < -0.4 is 0 Å². The van der Waals surface area contributed by atoms with E-state index in [0.29, 0.717) is 13.2 Å². The summed E-state index contributed by atoms with van der Waals surface area (Å²) in [4.78, 5) is 0. The second-order valence-corrected chi connectivity index (χ2v) is 4.70. The first-order valence-electron chi connectivity index (χ1n) is 6.53. The van der Waals surface area contributed by atoms with Gasteiger partial charge in [-0.15, -0.1) is 0 Å². The van der Waals surface area contributed by atoms with Crippen LogP contribution in [0.25, 0.3) is 0 Å². The van der Waals surface area contributed by atoms with Gasteiger partial charge in [0.05, 0.1) is 13.2 Å². The van der Waals surface area contributed by atoms with Crippen molar-refractivity contribution < 1.29 is 20.4 Å². The lowest BCUT2D eigenvalue weighted by Crippen LogP contribution is -2.24. The average Bonchev–Trinajstić information content (AvgIpc) is 2.38. The molecule has 0 aromatic carbocycles. The van der Waals surface area contributed by atoms with E-state index < -0.39 is 0 Å². The van der Waals surface area contributed by atoms with Crippen LogP contribution in [-0.2, 0) is 0 Å². The van der Waals surface area contributed by atoms with Crippen molar-refractivity contribution in [3.05, 3.63) is 0 Å². The van der Waals surface area contributed by atoms with E-state index in [1.54, 1.807) is 0 Å².